The van der Waals surface area contributed by atoms with Crippen LogP contribution in [-0.2, 0) is 7.05 Å². The van der Waals surface area contributed by atoms with Gasteiger partial charge in [-0.2, -0.15) is 0 Å². The summed E-state index contributed by atoms with van der Waals surface area (Å²) in [6.45, 7) is 0. The van der Waals surface area contributed by atoms with E-state index in [0.29, 0.717) is 11.5 Å². The maximum atomic E-state index is 10.3. The van der Waals surface area contributed by atoms with E-state index >= 15 is 0 Å². The minimum Gasteiger partial charge on any atom is -0.493 e. The first-order valence-electron chi connectivity index (χ1n) is 5.68. The van der Waals surface area contributed by atoms with Crippen LogP contribution in [0.5, 0.6) is 11.5 Å². The van der Waals surface area contributed by atoms with E-state index < -0.39 is 6.10 Å². The summed E-state index contributed by atoms with van der Waals surface area (Å²) in [5, 5.41) is 10.3. The quantitative estimate of drug-likeness (QED) is 0.900. The van der Waals surface area contributed by atoms with E-state index in [1.807, 2.05) is 36.0 Å². The topological polar surface area (TPSA) is 43.6 Å². The third kappa shape index (κ3) is 2.19. The highest BCUT2D eigenvalue weighted by Gasteiger charge is 2.15. The van der Waals surface area contributed by atoms with Crippen molar-refractivity contribution in [1.29, 1.82) is 0 Å². The summed E-state index contributed by atoms with van der Waals surface area (Å²) >= 11 is 0. The number of hydrogen-bond acceptors (Lipinski definition) is 3. The molecule has 0 bridgehead atoms. The zero-order valence-corrected chi connectivity index (χ0v) is 10.8. The first-order chi connectivity index (χ1) is 8.67. The standard InChI is InChI=1S/C14H17NO3/c1-15-8-4-5-11(15)14(16)10-6-7-12(17-2)13(9-10)18-3/h4-9,14,16H,1-3H3/t14-/m0/s1. The molecule has 96 valence electrons. The van der Waals surface area contributed by atoms with Gasteiger partial charge in [0.05, 0.1) is 19.9 Å². The zero-order valence-electron chi connectivity index (χ0n) is 10.8. The molecule has 1 N–H and O–H groups in total. The summed E-state index contributed by atoms with van der Waals surface area (Å²) in [5.41, 5.74) is 1.61. The molecule has 0 unspecified atom stereocenters. The van der Waals surface area contributed by atoms with Crippen LogP contribution >= 0.6 is 0 Å². The fraction of sp³-hybridized carbons (Fsp3) is 0.286. The second-order valence-corrected chi connectivity index (χ2v) is 4.06. The van der Waals surface area contributed by atoms with Crippen LogP contribution in [0.15, 0.2) is 36.5 Å². The normalized spacial score (nSPS) is 12.2. The molecule has 0 aliphatic carbocycles. The molecule has 0 fully saturated rings. The van der Waals surface area contributed by atoms with Crippen molar-refractivity contribution in [3.63, 3.8) is 0 Å². The van der Waals surface area contributed by atoms with Crippen LogP contribution in [0.3, 0.4) is 0 Å². The molecule has 0 aliphatic heterocycles. The molecule has 0 spiro atoms. The Kier molecular flexibility index (Phi) is 3.58. The second kappa shape index (κ2) is 5.14. The van der Waals surface area contributed by atoms with Gasteiger partial charge in [-0.3, -0.25) is 0 Å². The average molecular weight is 247 g/mol. The smallest absolute Gasteiger partial charge is 0.161 e. The monoisotopic (exact) mass is 247 g/mol. The van der Waals surface area contributed by atoms with Gasteiger partial charge < -0.3 is 19.1 Å². The Balaban J connectivity index is 2.37. The summed E-state index contributed by atoms with van der Waals surface area (Å²) in [7, 11) is 5.07. The molecule has 0 aliphatic rings. The maximum absolute atomic E-state index is 10.3. The van der Waals surface area contributed by atoms with Crippen LogP contribution in [0.25, 0.3) is 0 Å². The number of aliphatic hydroxyl groups excluding tert-OH is 1. The lowest BCUT2D eigenvalue weighted by Gasteiger charge is -2.15. The van der Waals surface area contributed by atoms with Gasteiger partial charge in [0.1, 0.15) is 6.10 Å². The Morgan fingerprint density at radius 3 is 2.39 bits per heavy atom. The van der Waals surface area contributed by atoms with E-state index in [9.17, 15) is 5.11 Å². The lowest BCUT2D eigenvalue weighted by atomic mass is 10.1. The van der Waals surface area contributed by atoms with Crippen LogP contribution in [0.2, 0.25) is 0 Å². The number of nitrogens with zero attached hydrogens (tertiary/aromatic N) is 1. The van der Waals surface area contributed by atoms with Gasteiger partial charge in [0.2, 0.25) is 0 Å². The molecule has 1 aromatic heterocycles. The van der Waals surface area contributed by atoms with Crippen molar-refractivity contribution in [2.75, 3.05) is 14.2 Å². The molecule has 18 heavy (non-hydrogen) atoms. The number of methoxy groups -OCH3 is 2. The number of aromatic nitrogens is 1. The van der Waals surface area contributed by atoms with E-state index in [-0.39, 0.29) is 0 Å². The molecule has 0 saturated heterocycles. The third-order valence-electron chi connectivity index (χ3n) is 2.99. The molecule has 1 aromatic carbocycles. The van der Waals surface area contributed by atoms with Crippen LogP contribution in [-0.4, -0.2) is 23.9 Å². The molecule has 0 amide bonds. The molecule has 4 heteroatoms. The van der Waals surface area contributed by atoms with E-state index in [2.05, 4.69) is 0 Å². The molecule has 1 heterocycles. The SMILES string of the molecule is COc1ccc([C@H](O)c2cccn2C)cc1OC. The van der Waals surface area contributed by atoms with Gasteiger partial charge in [-0.05, 0) is 29.8 Å². The van der Waals surface area contributed by atoms with Crippen LogP contribution in [0.1, 0.15) is 17.4 Å². The van der Waals surface area contributed by atoms with Gasteiger partial charge in [-0.25, -0.2) is 0 Å². The third-order valence-corrected chi connectivity index (χ3v) is 2.99. The van der Waals surface area contributed by atoms with Crippen LogP contribution in [0.4, 0.5) is 0 Å². The maximum Gasteiger partial charge on any atom is 0.161 e. The van der Waals surface area contributed by atoms with Gasteiger partial charge in [-0.15, -0.1) is 0 Å². The van der Waals surface area contributed by atoms with Gasteiger partial charge in [0, 0.05) is 13.2 Å². The molecular weight excluding hydrogens is 230 g/mol. The van der Waals surface area contributed by atoms with Gasteiger partial charge in [0.15, 0.2) is 11.5 Å². The number of aryl methyl sites for hydroxylation is 1. The fourth-order valence-corrected chi connectivity index (χ4v) is 1.95. The van der Waals surface area contributed by atoms with Crippen molar-refractivity contribution in [3.05, 3.63) is 47.8 Å². The summed E-state index contributed by atoms with van der Waals surface area (Å²) in [5.74, 6) is 1.27. The number of benzene rings is 1. The second-order valence-electron chi connectivity index (χ2n) is 4.06. The number of hydrogen-bond donors (Lipinski definition) is 1. The van der Waals surface area contributed by atoms with E-state index in [1.165, 1.54) is 0 Å². The Labute approximate surface area is 106 Å². The molecule has 1 atom stereocenters. The van der Waals surface area contributed by atoms with Crippen LogP contribution < -0.4 is 9.47 Å². The highest BCUT2D eigenvalue weighted by molar-refractivity contribution is 5.44. The highest BCUT2D eigenvalue weighted by Crippen LogP contribution is 2.32. The van der Waals surface area contributed by atoms with Crippen molar-refractivity contribution in [3.8, 4) is 11.5 Å². The Morgan fingerprint density at radius 2 is 1.83 bits per heavy atom. The lowest BCUT2D eigenvalue weighted by molar-refractivity contribution is 0.211. The van der Waals surface area contributed by atoms with Crippen molar-refractivity contribution < 1.29 is 14.6 Å². The van der Waals surface area contributed by atoms with Crippen molar-refractivity contribution in [2.45, 2.75) is 6.10 Å². The van der Waals surface area contributed by atoms with Crippen LogP contribution in [0, 0.1) is 0 Å². The van der Waals surface area contributed by atoms with E-state index in [0.717, 1.165) is 11.3 Å². The van der Waals surface area contributed by atoms with E-state index in [4.69, 9.17) is 9.47 Å². The van der Waals surface area contributed by atoms with Crippen molar-refractivity contribution >= 4 is 0 Å². The molecular formula is C14H17NO3. The summed E-state index contributed by atoms with van der Waals surface area (Å²) in [6, 6.07) is 9.20. The van der Waals surface area contributed by atoms with Gasteiger partial charge in [0.25, 0.3) is 0 Å². The number of aliphatic hydroxyl groups is 1. The Bertz CT molecular complexity index is 534. The molecule has 2 rings (SSSR count). The van der Waals surface area contributed by atoms with Crippen molar-refractivity contribution in [2.24, 2.45) is 7.05 Å². The van der Waals surface area contributed by atoms with E-state index in [1.54, 1.807) is 26.4 Å². The fourth-order valence-electron chi connectivity index (χ4n) is 1.95. The molecule has 0 saturated carbocycles. The number of ether oxygens (including phenoxy) is 2. The minimum absolute atomic E-state index is 0.614. The predicted octanol–water partition coefficient (Wildman–Crippen LogP) is 2.12. The first kappa shape index (κ1) is 12.5. The molecule has 4 nitrogen and oxygen atoms in total. The summed E-state index contributed by atoms with van der Waals surface area (Å²) < 4.78 is 12.3. The Morgan fingerprint density at radius 1 is 1.11 bits per heavy atom. The minimum atomic E-state index is -0.676. The summed E-state index contributed by atoms with van der Waals surface area (Å²) in [6.07, 6.45) is 1.23. The number of rotatable bonds is 4. The van der Waals surface area contributed by atoms with Gasteiger partial charge in [-0.1, -0.05) is 6.07 Å². The lowest BCUT2D eigenvalue weighted by Crippen LogP contribution is -2.05. The van der Waals surface area contributed by atoms with Crippen molar-refractivity contribution in [1.82, 2.24) is 4.57 Å². The first-order valence-corrected chi connectivity index (χ1v) is 5.68. The Hall–Kier alpha value is -1.94. The van der Waals surface area contributed by atoms with Gasteiger partial charge >= 0.3 is 0 Å². The largest absolute Gasteiger partial charge is 0.493 e. The highest BCUT2D eigenvalue weighted by atomic mass is 16.5. The average Bonchev–Trinajstić information content (AvgIpc) is 2.83. The molecule has 0 radical (unpaired) electrons. The zero-order chi connectivity index (χ0) is 13.1. The molecule has 2 aromatic rings. The predicted molar refractivity (Wildman–Crippen MR) is 69.0 cm³/mol. The summed E-state index contributed by atoms with van der Waals surface area (Å²) in [4.78, 5) is 0.